The number of halogens is 1. The first-order valence-electron chi connectivity index (χ1n) is 16.7. The van der Waals surface area contributed by atoms with Crippen LogP contribution < -0.4 is 14.4 Å². The number of methoxy groups -OCH3 is 1. The fourth-order valence-electron chi connectivity index (χ4n) is 5.81. The van der Waals surface area contributed by atoms with Gasteiger partial charge in [0, 0.05) is 30.8 Å². The van der Waals surface area contributed by atoms with Crippen molar-refractivity contribution in [2.75, 3.05) is 25.2 Å². The van der Waals surface area contributed by atoms with Crippen LogP contribution in [0, 0.1) is 5.41 Å². The summed E-state index contributed by atoms with van der Waals surface area (Å²) in [5.74, 6) is 1.48. The van der Waals surface area contributed by atoms with E-state index in [4.69, 9.17) is 9.47 Å². The summed E-state index contributed by atoms with van der Waals surface area (Å²) in [5.41, 5.74) is 4.54. The van der Waals surface area contributed by atoms with Crippen molar-refractivity contribution in [2.24, 2.45) is 10.4 Å². The predicted octanol–water partition coefficient (Wildman–Crippen LogP) is 10.5. The van der Waals surface area contributed by atoms with Crippen LogP contribution in [-0.4, -0.2) is 32.4 Å². The zero-order valence-corrected chi connectivity index (χ0v) is 29.8. The molecule has 0 spiro atoms. The summed E-state index contributed by atoms with van der Waals surface area (Å²) >= 11 is 0. The average molecular weight is 670 g/mol. The lowest BCUT2D eigenvalue weighted by Crippen LogP contribution is -2.28. The number of allylic oxidation sites excluding steroid dienone is 1. The molecule has 2 aromatic rings. The van der Waals surface area contributed by atoms with Gasteiger partial charge >= 0.3 is 0 Å². The molecule has 6 heteroatoms. The summed E-state index contributed by atoms with van der Waals surface area (Å²) in [7, 11) is 1.67. The lowest BCUT2D eigenvalue weighted by atomic mass is 9.76. The van der Waals surface area contributed by atoms with Crippen molar-refractivity contribution >= 4 is 34.8 Å². The molecule has 1 unspecified atom stereocenters. The van der Waals surface area contributed by atoms with Gasteiger partial charge in [-0.25, -0.2) is 0 Å². The second-order valence-electron chi connectivity index (χ2n) is 12.6. The van der Waals surface area contributed by atoms with E-state index in [0.717, 1.165) is 42.1 Å². The van der Waals surface area contributed by atoms with Gasteiger partial charge in [-0.15, -0.1) is 17.0 Å². The highest BCUT2D eigenvalue weighted by Crippen LogP contribution is 2.34. The Bertz CT molecular complexity index is 1180. The van der Waals surface area contributed by atoms with Gasteiger partial charge in [0.2, 0.25) is 5.91 Å². The molecule has 5 nitrogen and oxygen atoms in total. The highest BCUT2D eigenvalue weighted by molar-refractivity contribution is 8.93. The molecule has 44 heavy (non-hydrogen) atoms. The van der Waals surface area contributed by atoms with Crippen LogP contribution in [0.4, 0.5) is 5.69 Å². The van der Waals surface area contributed by atoms with Gasteiger partial charge in [0.1, 0.15) is 0 Å². The number of benzene rings is 2. The minimum atomic E-state index is 0. The Labute approximate surface area is 278 Å². The molecule has 0 aromatic heterocycles. The Morgan fingerprint density at radius 3 is 2.02 bits per heavy atom. The third-order valence-corrected chi connectivity index (χ3v) is 8.87. The van der Waals surface area contributed by atoms with Crippen molar-refractivity contribution in [2.45, 2.75) is 118 Å². The monoisotopic (exact) mass is 668 g/mol. The van der Waals surface area contributed by atoms with Gasteiger partial charge in [-0.05, 0) is 61.2 Å². The predicted molar refractivity (Wildman–Crippen MR) is 192 cm³/mol. The molecule has 1 atom stereocenters. The first kappa shape index (κ1) is 37.6. The molecule has 0 bridgehead atoms. The molecule has 0 saturated heterocycles. The van der Waals surface area contributed by atoms with Crippen molar-refractivity contribution in [1.82, 2.24) is 0 Å². The number of aliphatic imine (C=N–C) groups is 1. The van der Waals surface area contributed by atoms with Crippen LogP contribution in [0.25, 0.3) is 0 Å². The van der Waals surface area contributed by atoms with Gasteiger partial charge in [-0.2, -0.15) is 0 Å². The van der Waals surface area contributed by atoms with Crippen LogP contribution in [0.15, 0.2) is 59.1 Å². The molecule has 2 aromatic carbocycles. The van der Waals surface area contributed by atoms with E-state index < -0.39 is 0 Å². The van der Waals surface area contributed by atoms with E-state index >= 15 is 0 Å². The molecule has 3 rings (SSSR count). The Balaban J connectivity index is 0.00000675. The van der Waals surface area contributed by atoms with Crippen molar-refractivity contribution in [3.63, 3.8) is 0 Å². The third-order valence-electron chi connectivity index (χ3n) is 8.87. The maximum atomic E-state index is 12.7. The number of ether oxygens (including phenoxy) is 2. The van der Waals surface area contributed by atoms with E-state index in [0.29, 0.717) is 13.2 Å². The summed E-state index contributed by atoms with van der Waals surface area (Å²) in [6.45, 7) is 10.3. The first-order valence-corrected chi connectivity index (χ1v) is 16.7. The van der Waals surface area contributed by atoms with Crippen molar-refractivity contribution in [3.8, 4) is 11.5 Å². The number of amides is 1. The van der Waals surface area contributed by atoms with Crippen LogP contribution >= 0.6 is 17.0 Å². The standard InChI is InChI=1S/C38H56N2O3.BrH/c1-6-7-8-9-10-11-12-13-14-15-16-17-26-43-37-27-34(20-23-36(37)42-5)29-40(32(3)41)35-21-18-33(19-22-35)28-38(4)30-39-25-24-31(38)2;/h18-25,27H,6-17,26,28-30H2,1-5H3;1H. The normalized spacial score (nSPS) is 15.8. The molecule has 0 aliphatic carbocycles. The minimum Gasteiger partial charge on any atom is -0.493 e. The smallest absolute Gasteiger partial charge is 0.224 e. The first-order chi connectivity index (χ1) is 20.9. The number of rotatable bonds is 20. The van der Waals surface area contributed by atoms with E-state index in [-0.39, 0.29) is 28.3 Å². The second-order valence-corrected chi connectivity index (χ2v) is 12.6. The number of dihydropyridines is 1. The molecule has 244 valence electrons. The van der Waals surface area contributed by atoms with Crippen molar-refractivity contribution in [3.05, 3.63) is 65.2 Å². The molecule has 0 radical (unpaired) electrons. The van der Waals surface area contributed by atoms with E-state index in [9.17, 15) is 4.79 Å². The van der Waals surface area contributed by atoms with E-state index in [1.165, 1.54) is 81.8 Å². The highest BCUT2D eigenvalue weighted by atomic mass is 79.9. The number of nitrogens with zero attached hydrogens (tertiary/aromatic N) is 2. The number of unbranched alkanes of at least 4 members (excludes halogenated alkanes) is 11. The molecule has 1 aliphatic heterocycles. The van der Waals surface area contributed by atoms with Crippen molar-refractivity contribution < 1.29 is 14.3 Å². The highest BCUT2D eigenvalue weighted by Gasteiger charge is 2.28. The topological polar surface area (TPSA) is 51.1 Å². The lowest BCUT2D eigenvalue weighted by molar-refractivity contribution is -0.116. The number of hydrogen-bond acceptors (Lipinski definition) is 4. The second kappa shape index (κ2) is 20.4. The third kappa shape index (κ3) is 12.4. The summed E-state index contributed by atoms with van der Waals surface area (Å²) in [5, 5.41) is 0. The van der Waals surface area contributed by atoms with Crippen molar-refractivity contribution in [1.29, 1.82) is 0 Å². The van der Waals surface area contributed by atoms with Crippen LogP contribution in [0.3, 0.4) is 0 Å². The average Bonchev–Trinajstić information content (AvgIpc) is 3.00. The number of carbonyl (C=O) groups excluding carboxylic acids is 1. The van der Waals surface area contributed by atoms with E-state index in [1.54, 1.807) is 14.0 Å². The molecule has 0 N–H and O–H groups in total. The van der Waals surface area contributed by atoms with Gasteiger partial charge in [0.15, 0.2) is 11.5 Å². The Morgan fingerprint density at radius 2 is 1.45 bits per heavy atom. The molecule has 1 aliphatic rings. The summed E-state index contributed by atoms with van der Waals surface area (Å²) in [6, 6.07) is 14.4. The van der Waals surface area contributed by atoms with Gasteiger partial charge in [-0.3, -0.25) is 9.79 Å². The number of anilines is 1. The fourth-order valence-corrected chi connectivity index (χ4v) is 5.81. The van der Waals surface area contributed by atoms with Gasteiger partial charge in [0.25, 0.3) is 0 Å². The van der Waals surface area contributed by atoms with Crippen LogP contribution in [-0.2, 0) is 17.8 Å². The molecular formula is C38H57BrN2O3. The lowest BCUT2D eigenvalue weighted by Gasteiger charge is -2.31. The molecule has 0 saturated carbocycles. The minimum absolute atomic E-state index is 0. The van der Waals surface area contributed by atoms with Gasteiger partial charge < -0.3 is 14.4 Å². The summed E-state index contributed by atoms with van der Waals surface area (Å²) in [4.78, 5) is 19.0. The van der Waals surface area contributed by atoms with E-state index in [1.807, 2.05) is 29.3 Å². The molecular weight excluding hydrogens is 612 g/mol. The zero-order chi connectivity index (χ0) is 30.9. The Kier molecular flexibility index (Phi) is 17.5. The van der Waals surface area contributed by atoms with Crippen LogP contribution in [0.2, 0.25) is 0 Å². The Morgan fingerprint density at radius 1 is 0.864 bits per heavy atom. The quantitative estimate of drug-likeness (QED) is 0.132. The largest absolute Gasteiger partial charge is 0.493 e. The Hall–Kier alpha value is -2.60. The van der Waals surface area contributed by atoms with E-state index in [2.05, 4.69) is 56.1 Å². The molecule has 1 amide bonds. The maximum absolute atomic E-state index is 12.7. The van der Waals surface area contributed by atoms with Gasteiger partial charge in [-0.1, -0.05) is 108 Å². The molecule has 1 heterocycles. The number of carbonyl (C=O) groups is 1. The maximum Gasteiger partial charge on any atom is 0.224 e. The summed E-state index contributed by atoms with van der Waals surface area (Å²) < 4.78 is 11.7. The number of hydrogen-bond donors (Lipinski definition) is 0. The SMILES string of the molecule is Br.CCCCCCCCCCCCCCOc1cc(CN(C(C)=O)c2ccc(CC3(C)CN=CC=C3C)cc2)ccc1OC. The van der Waals surface area contributed by atoms with Crippen LogP contribution in [0.5, 0.6) is 11.5 Å². The summed E-state index contributed by atoms with van der Waals surface area (Å²) in [6.07, 6.45) is 20.8. The van der Waals surface area contributed by atoms with Crippen LogP contribution in [0.1, 0.15) is 116 Å². The fraction of sp³-hybridized carbons (Fsp3) is 0.579. The van der Waals surface area contributed by atoms with Gasteiger partial charge in [0.05, 0.1) is 20.3 Å². The molecule has 0 fully saturated rings. The zero-order valence-electron chi connectivity index (χ0n) is 28.0.